The minimum Gasteiger partial charge on any atom is -0.481 e. The van der Waals surface area contributed by atoms with Crippen LogP contribution in [0.5, 0.6) is 0 Å². The van der Waals surface area contributed by atoms with Crippen molar-refractivity contribution in [2.24, 2.45) is 28.6 Å². The fraction of sp³-hybridized carbons (Fsp3) is 0.812. The lowest BCUT2D eigenvalue weighted by molar-refractivity contribution is -0.510. The van der Waals surface area contributed by atoms with Crippen molar-refractivity contribution in [3.8, 4) is 0 Å². The molecule has 0 aromatic heterocycles. The summed E-state index contributed by atoms with van der Waals surface area (Å²) in [6.07, 6.45) is 5.82. The molecular formula is C16H25NO4S. The molecule has 0 heterocycles. The molecule has 2 rings (SSSR count). The van der Waals surface area contributed by atoms with Crippen LogP contribution in [-0.2, 0) is 4.79 Å². The summed E-state index contributed by atoms with van der Waals surface area (Å²) in [6, 6.07) is 0. The Bertz CT molecular complexity index is 511. The van der Waals surface area contributed by atoms with E-state index in [0.29, 0.717) is 12.3 Å². The quantitative estimate of drug-likeness (QED) is 0.460. The maximum atomic E-state index is 11.9. The average molecular weight is 327 g/mol. The summed E-state index contributed by atoms with van der Waals surface area (Å²) < 4.78 is 0. The molecule has 6 heteroatoms. The molecule has 0 radical (unpaired) electrons. The molecule has 1 unspecified atom stereocenters. The van der Waals surface area contributed by atoms with Gasteiger partial charge >= 0.3 is 5.97 Å². The van der Waals surface area contributed by atoms with Crippen molar-refractivity contribution in [2.75, 3.05) is 18.6 Å². The van der Waals surface area contributed by atoms with E-state index < -0.39 is 22.7 Å². The van der Waals surface area contributed by atoms with Gasteiger partial charge < -0.3 is 5.11 Å². The topological polar surface area (TPSA) is 80.4 Å². The second kappa shape index (κ2) is 5.87. The van der Waals surface area contributed by atoms with E-state index >= 15 is 0 Å². The normalized spacial score (nSPS) is 31.9. The summed E-state index contributed by atoms with van der Waals surface area (Å²) in [5.41, 5.74) is 0.0900. The Morgan fingerprint density at radius 3 is 2.68 bits per heavy atom. The van der Waals surface area contributed by atoms with Crippen molar-refractivity contribution in [2.45, 2.75) is 33.6 Å². The van der Waals surface area contributed by atoms with Crippen LogP contribution in [0.4, 0.5) is 0 Å². The Morgan fingerprint density at radius 2 is 2.23 bits per heavy atom. The molecule has 5 nitrogen and oxygen atoms in total. The number of aliphatic carboxylic acids is 1. The highest BCUT2D eigenvalue weighted by atomic mass is 32.2. The van der Waals surface area contributed by atoms with E-state index in [4.69, 9.17) is 0 Å². The number of thioether (sulfide) groups is 1. The van der Waals surface area contributed by atoms with Crippen LogP contribution in [0.2, 0.25) is 0 Å². The van der Waals surface area contributed by atoms with Gasteiger partial charge in [-0.1, -0.05) is 32.4 Å². The first-order valence-electron chi connectivity index (χ1n) is 7.65. The number of carbonyl (C=O) groups is 1. The standard InChI is InChI=1S/C16H25NO4S/c1-15(2,3)13(14(18)19)16(9-17(20)21)7-11-5-10(8-22-4)6-12(11)16/h6,11-13H,5,7-9H2,1-4H3,(H,18,19)/t11-,12-,13?,16+/m0/s1. The number of rotatable bonds is 6. The van der Waals surface area contributed by atoms with Crippen LogP contribution in [0, 0.1) is 38.7 Å². The Balaban J connectivity index is 2.39. The third-order valence-electron chi connectivity index (χ3n) is 5.19. The summed E-state index contributed by atoms with van der Waals surface area (Å²) >= 11 is 1.75. The van der Waals surface area contributed by atoms with Gasteiger partial charge in [-0.3, -0.25) is 14.9 Å². The van der Waals surface area contributed by atoms with Gasteiger partial charge in [0, 0.05) is 10.7 Å². The van der Waals surface area contributed by atoms with E-state index in [1.807, 2.05) is 27.0 Å². The number of carboxylic acids is 1. The monoisotopic (exact) mass is 327 g/mol. The average Bonchev–Trinajstić information content (AvgIpc) is 2.64. The molecule has 1 saturated carbocycles. The second-order valence-corrected chi connectivity index (χ2v) is 8.68. The van der Waals surface area contributed by atoms with Crippen LogP contribution in [-0.4, -0.2) is 34.6 Å². The predicted molar refractivity (Wildman–Crippen MR) is 87.6 cm³/mol. The van der Waals surface area contributed by atoms with Gasteiger partial charge in [-0.15, -0.1) is 0 Å². The smallest absolute Gasteiger partial charge is 0.307 e. The fourth-order valence-corrected chi connectivity index (χ4v) is 5.39. The maximum Gasteiger partial charge on any atom is 0.307 e. The highest BCUT2D eigenvalue weighted by Gasteiger charge is 2.65. The first-order chi connectivity index (χ1) is 10.1. The molecular weight excluding hydrogens is 302 g/mol. The van der Waals surface area contributed by atoms with Crippen molar-refractivity contribution in [3.63, 3.8) is 0 Å². The molecule has 0 saturated heterocycles. The summed E-state index contributed by atoms with van der Waals surface area (Å²) in [6.45, 7) is 5.39. The van der Waals surface area contributed by atoms with E-state index in [9.17, 15) is 20.0 Å². The lowest BCUT2D eigenvalue weighted by atomic mass is 9.46. The van der Waals surface area contributed by atoms with Gasteiger partial charge in [0.25, 0.3) is 0 Å². The first kappa shape index (κ1) is 17.3. The summed E-state index contributed by atoms with van der Waals surface area (Å²) in [5, 5.41) is 21.0. The van der Waals surface area contributed by atoms with Crippen molar-refractivity contribution in [3.05, 3.63) is 21.8 Å². The minimum absolute atomic E-state index is 0.0420. The van der Waals surface area contributed by atoms with Gasteiger partial charge in [0.05, 0.1) is 11.3 Å². The number of nitrogens with zero attached hydrogens (tertiary/aromatic N) is 1. The number of allylic oxidation sites excluding steroid dienone is 1. The van der Waals surface area contributed by atoms with Gasteiger partial charge in [-0.2, -0.15) is 11.8 Å². The van der Waals surface area contributed by atoms with Gasteiger partial charge in [-0.25, -0.2) is 0 Å². The van der Waals surface area contributed by atoms with Gasteiger partial charge in [0.2, 0.25) is 6.54 Å². The summed E-state index contributed by atoms with van der Waals surface area (Å²) in [7, 11) is 0. The van der Waals surface area contributed by atoms with Crippen LogP contribution in [0.25, 0.3) is 0 Å². The Morgan fingerprint density at radius 1 is 1.59 bits per heavy atom. The Hall–Kier alpha value is -1.04. The fourth-order valence-electron chi connectivity index (χ4n) is 4.80. The van der Waals surface area contributed by atoms with Crippen molar-refractivity contribution < 1.29 is 14.8 Å². The zero-order valence-electron chi connectivity index (χ0n) is 13.7. The van der Waals surface area contributed by atoms with Crippen LogP contribution in [0.15, 0.2) is 11.6 Å². The van der Waals surface area contributed by atoms with Gasteiger partial charge in [0.15, 0.2) is 0 Å². The molecule has 2 aliphatic rings. The van der Waals surface area contributed by atoms with E-state index in [-0.39, 0.29) is 17.4 Å². The van der Waals surface area contributed by atoms with Crippen molar-refractivity contribution in [1.29, 1.82) is 0 Å². The Kier molecular flexibility index (Phi) is 4.62. The molecule has 0 amide bonds. The lowest BCUT2D eigenvalue weighted by Gasteiger charge is -2.55. The second-order valence-electron chi connectivity index (χ2n) is 7.81. The largest absolute Gasteiger partial charge is 0.481 e. The zero-order valence-corrected chi connectivity index (χ0v) is 14.5. The number of fused-ring (bicyclic) bond motifs is 1. The minimum atomic E-state index is -0.903. The van der Waals surface area contributed by atoms with Crippen LogP contribution < -0.4 is 0 Å². The van der Waals surface area contributed by atoms with Crippen LogP contribution in [0.3, 0.4) is 0 Å². The number of hydrogen-bond donors (Lipinski definition) is 1. The molecule has 1 N–H and O–H groups in total. The number of carboxylic acid groups (broad SMARTS) is 1. The molecule has 0 aliphatic heterocycles. The first-order valence-corrected chi connectivity index (χ1v) is 9.04. The molecule has 0 aromatic rings. The molecule has 22 heavy (non-hydrogen) atoms. The van der Waals surface area contributed by atoms with Gasteiger partial charge in [0.1, 0.15) is 0 Å². The van der Waals surface area contributed by atoms with Crippen LogP contribution in [0.1, 0.15) is 33.6 Å². The molecule has 0 aromatic carbocycles. The summed E-state index contributed by atoms with van der Waals surface area (Å²) in [5.74, 6) is -0.225. The maximum absolute atomic E-state index is 11.9. The van der Waals surface area contributed by atoms with E-state index in [1.165, 1.54) is 5.57 Å². The summed E-state index contributed by atoms with van der Waals surface area (Å²) in [4.78, 5) is 22.8. The third-order valence-corrected chi connectivity index (χ3v) is 5.85. The zero-order chi connectivity index (χ0) is 16.7. The highest BCUT2D eigenvalue weighted by molar-refractivity contribution is 7.98. The molecule has 0 spiro atoms. The number of hydrogen-bond acceptors (Lipinski definition) is 4. The van der Waals surface area contributed by atoms with Gasteiger partial charge in [-0.05, 0) is 36.3 Å². The van der Waals surface area contributed by atoms with E-state index in [2.05, 4.69) is 6.08 Å². The van der Waals surface area contributed by atoms with Crippen LogP contribution >= 0.6 is 11.8 Å². The van der Waals surface area contributed by atoms with Crippen molar-refractivity contribution in [1.82, 2.24) is 0 Å². The lowest BCUT2D eigenvalue weighted by Crippen LogP contribution is -2.59. The molecule has 124 valence electrons. The number of nitro groups is 1. The molecule has 2 aliphatic carbocycles. The molecule has 4 atom stereocenters. The SMILES string of the molecule is CSCC1=C[C@H]2[C@@H](C1)C[C@]2(C[N+](=O)[O-])C(C(=O)O)C(C)(C)C. The molecule has 0 bridgehead atoms. The Labute approximate surface area is 135 Å². The highest BCUT2D eigenvalue weighted by Crippen LogP contribution is 2.64. The molecule has 1 fully saturated rings. The van der Waals surface area contributed by atoms with E-state index in [1.54, 1.807) is 11.8 Å². The predicted octanol–water partition coefficient (Wildman–Crippen LogP) is 3.33. The third kappa shape index (κ3) is 2.90. The van der Waals surface area contributed by atoms with Crippen molar-refractivity contribution >= 4 is 17.7 Å². The van der Waals surface area contributed by atoms with E-state index in [0.717, 1.165) is 12.2 Å².